The summed E-state index contributed by atoms with van der Waals surface area (Å²) in [7, 11) is 0. The van der Waals surface area contributed by atoms with E-state index in [9.17, 15) is 5.11 Å². The zero-order chi connectivity index (χ0) is 17.2. The van der Waals surface area contributed by atoms with E-state index in [2.05, 4.69) is 33.8 Å². The van der Waals surface area contributed by atoms with Gasteiger partial charge in [0.15, 0.2) is 0 Å². The fourth-order valence-electron chi connectivity index (χ4n) is 8.27. The maximum atomic E-state index is 10.7. The topological polar surface area (TPSA) is 20.2 Å². The van der Waals surface area contributed by atoms with E-state index in [0.717, 1.165) is 36.5 Å². The molecule has 0 saturated heterocycles. The highest BCUT2D eigenvalue weighted by Crippen LogP contribution is 2.68. The molecule has 0 amide bonds. The van der Waals surface area contributed by atoms with E-state index in [4.69, 9.17) is 0 Å². The van der Waals surface area contributed by atoms with Crippen LogP contribution in [0.15, 0.2) is 11.6 Å². The molecule has 24 heavy (non-hydrogen) atoms. The smallest absolute Gasteiger partial charge is 0.0622 e. The van der Waals surface area contributed by atoms with Crippen LogP contribution >= 0.6 is 0 Å². The fourth-order valence-corrected chi connectivity index (χ4v) is 8.27. The zero-order valence-corrected chi connectivity index (χ0v) is 16.4. The summed E-state index contributed by atoms with van der Waals surface area (Å²) in [6.45, 7) is 9.40. The Bertz CT molecular complexity index is 532. The van der Waals surface area contributed by atoms with Crippen molar-refractivity contribution in [2.45, 2.75) is 97.5 Å². The molecule has 4 fully saturated rings. The molecular formula is C23H38O. The Hall–Kier alpha value is -0.300. The highest BCUT2D eigenvalue weighted by molar-refractivity contribution is 5.23. The highest BCUT2D eigenvalue weighted by atomic mass is 16.3. The summed E-state index contributed by atoms with van der Waals surface area (Å²) >= 11 is 0. The lowest BCUT2D eigenvalue weighted by molar-refractivity contribution is -0.149. The van der Waals surface area contributed by atoms with Crippen molar-refractivity contribution < 1.29 is 5.11 Å². The van der Waals surface area contributed by atoms with Crippen molar-refractivity contribution in [3.63, 3.8) is 0 Å². The quantitative estimate of drug-likeness (QED) is 0.574. The van der Waals surface area contributed by atoms with Crippen molar-refractivity contribution in [2.24, 2.45) is 34.5 Å². The Morgan fingerprint density at radius 2 is 1.83 bits per heavy atom. The van der Waals surface area contributed by atoms with Gasteiger partial charge in [-0.2, -0.15) is 0 Å². The standard InChI is InChI=1S/C23H38O/c1-5-16-8-10-19-18-9-7-17-15-21(3,24)13-14-23(17,6-2)20(18)11-12-22(16,19)4/h5,17-20,24H,6-15H2,1-4H3/t17-,18+,19+,20+,21?,22-,23+/m1/s1. The molecule has 0 aliphatic heterocycles. The van der Waals surface area contributed by atoms with Gasteiger partial charge in [0, 0.05) is 0 Å². The van der Waals surface area contributed by atoms with E-state index in [-0.39, 0.29) is 0 Å². The largest absolute Gasteiger partial charge is 0.390 e. The van der Waals surface area contributed by atoms with Gasteiger partial charge in [0.1, 0.15) is 0 Å². The molecule has 0 radical (unpaired) electrons. The van der Waals surface area contributed by atoms with Crippen LogP contribution in [0.5, 0.6) is 0 Å². The van der Waals surface area contributed by atoms with E-state index in [0.29, 0.717) is 10.8 Å². The molecule has 1 N–H and O–H groups in total. The molecule has 0 aromatic carbocycles. The lowest BCUT2D eigenvalue weighted by atomic mass is 9.43. The second-order valence-corrected chi connectivity index (χ2v) is 10.2. The first-order valence-electron chi connectivity index (χ1n) is 10.7. The van der Waals surface area contributed by atoms with Crippen molar-refractivity contribution in [1.29, 1.82) is 0 Å². The third-order valence-electron chi connectivity index (χ3n) is 9.51. The van der Waals surface area contributed by atoms with Gasteiger partial charge in [-0.05, 0) is 113 Å². The summed E-state index contributed by atoms with van der Waals surface area (Å²) in [5, 5.41) is 10.7. The fraction of sp³-hybridized carbons (Fsp3) is 0.913. The summed E-state index contributed by atoms with van der Waals surface area (Å²) < 4.78 is 0. The number of fused-ring (bicyclic) bond motifs is 5. The molecule has 7 atom stereocenters. The third kappa shape index (κ3) is 2.22. The molecule has 0 aromatic rings. The molecule has 4 saturated carbocycles. The van der Waals surface area contributed by atoms with Gasteiger partial charge in [0.25, 0.3) is 0 Å². The van der Waals surface area contributed by atoms with Gasteiger partial charge < -0.3 is 5.11 Å². The van der Waals surface area contributed by atoms with Gasteiger partial charge in [-0.1, -0.05) is 25.5 Å². The summed E-state index contributed by atoms with van der Waals surface area (Å²) in [6.07, 6.45) is 15.6. The molecule has 0 heterocycles. The highest BCUT2D eigenvalue weighted by Gasteiger charge is 2.60. The van der Waals surface area contributed by atoms with Gasteiger partial charge in [-0.15, -0.1) is 0 Å². The number of hydrogen-bond donors (Lipinski definition) is 1. The predicted molar refractivity (Wildman–Crippen MR) is 101 cm³/mol. The minimum atomic E-state index is -0.398. The van der Waals surface area contributed by atoms with Crippen molar-refractivity contribution in [2.75, 3.05) is 0 Å². The number of rotatable bonds is 1. The van der Waals surface area contributed by atoms with Crippen molar-refractivity contribution in [1.82, 2.24) is 0 Å². The molecule has 0 bridgehead atoms. The van der Waals surface area contributed by atoms with E-state index >= 15 is 0 Å². The van der Waals surface area contributed by atoms with Gasteiger partial charge in [0.2, 0.25) is 0 Å². The van der Waals surface area contributed by atoms with Gasteiger partial charge in [0.05, 0.1) is 5.60 Å². The molecule has 4 aliphatic rings. The van der Waals surface area contributed by atoms with Gasteiger partial charge >= 0.3 is 0 Å². The molecule has 136 valence electrons. The van der Waals surface area contributed by atoms with Crippen LogP contribution in [0.1, 0.15) is 91.9 Å². The van der Waals surface area contributed by atoms with Crippen LogP contribution in [-0.4, -0.2) is 10.7 Å². The summed E-state index contributed by atoms with van der Waals surface area (Å²) in [5.41, 5.74) is 2.43. The average molecular weight is 331 g/mol. The monoisotopic (exact) mass is 330 g/mol. The summed E-state index contributed by atoms with van der Waals surface area (Å²) in [4.78, 5) is 0. The van der Waals surface area contributed by atoms with Crippen LogP contribution in [0.3, 0.4) is 0 Å². The van der Waals surface area contributed by atoms with Crippen molar-refractivity contribution >= 4 is 0 Å². The zero-order valence-electron chi connectivity index (χ0n) is 16.4. The normalized spacial score (nSPS) is 55.8. The van der Waals surface area contributed by atoms with E-state index < -0.39 is 5.60 Å². The first-order valence-corrected chi connectivity index (χ1v) is 10.7. The maximum Gasteiger partial charge on any atom is 0.0622 e. The molecule has 1 unspecified atom stereocenters. The second-order valence-electron chi connectivity index (χ2n) is 10.2. The predicted octanol–water partition coefficient (Wildman–Crippen LogP) is 6.12. The second kappa shape index (κ2) is 5.60. The van der Waals surface area contributed by atoms with E-state index in [1.165, 1.54) is 51.4 Å². The third-order valence-corrected chi connectivity index (χ3v) is 9.51. The number of aliphatic hydroxyl groups is 1. The molecule has 1 heteroatoms. The minimum absolute atomic E-state index is 0.398. The first kappa shape index (κ1) is 17.1. The minimum Gasteiger partial charge on any atom is -0.390 e. The van der Waals surface area contributed by atoms with Crippen molar-refractivity contribution in [3.05, 3.63) is 11.6 Å². The van der Waals surface area contributed by atoms with Crippen LogP contribution in [-0.2, 0) is 0 Å². The van der Waals surface area contributed by atoms with Crippen LogP contribution in [0.25, 0.3) is 0 Å². The van der Waals surface area contributed by atoms with Crippen LogP contribution < -0.4 is 0 Å². The molecule has 4 aliphatic carbocycles. The lowest BCUT2D eigenvalue weighted by Crippen LogP contribution is -2.56. The number of allylic oxidation sites excluding steroid dienone is 2. The Kier molecular flexibility index (Phi) is 4.00. The van der Waals surface area contributed by atoms with Crippen LogP contribution in [0.2, 0.25) is 0 Å². The SMILES string of the molecule is CC=C1CC[C@H]2[C@@H]3CC[C@@H]4CC(C)(O)CC[C@]4(CC)[C@H]3CC[C@]12C. The summed E-state index contributed by atoms with van der Waals surface area (Å²) in [6, 6.07) is 0. The molecule has 1 nitrogen and oxygen atoms in total. The van der Waals surface area contributed by atoms with Crippen molar-refractivity contribution in [3.8, 4) is 0 Å². The lowest BCUT2D eigenvalue weighted by Gasteiger charge is -2.62. The van der Waals surface area contributed by atoms with Gasteiger partial charge in [-0.25, -0.2) is 0 Å². The Morgan fingerprint density at radius 1 is 1.04 bits per heavy atom. The summed E-state index contributed by atoms with van der Waals surface area (Å²) in [5.74, 6) is 3.61. The van der Waals surface area contributed by atoms with E-state index in [1.807, 2.05) is 0 Å². The molecular weight excluding hydrogens is 292 g/mol. The Balaban J connectivity index is 1.66. The van der Waals surface area contributed by atoms with Crippen LogP contribution in [0.4, 0.5) is 0 Å². The molecule has 4 rings (SSSR count). The maximum absolute atomic E-state index is 10.7. The Morgan fingerprint density at radius 3 is 2.54 bits per heavy atom. The molecule has 0 spiro atoms. The number of hydrogen-bond acceptors (Lipinski definition) is 1. The molecule has 0 aromatic heterocycles. The van der Waals surface area contributed by atoms with Gasteiger partial charge in [-0.3, -0.25) is 0 Å². The average Bonchev–Trinajstić information content (AvgIpc) is 2.90. The first-order chi connectivity index (χ1) is 11.4. The Labute approximate surface area is 149 Å². The van der Waals surface area contributed by atoms with Crippen LogP contribution in [0, 0.1) is 34.5 Å². The van der Waals surface area contributed by atoms with E-state index in [1.54, 1.807) is 5.57 Å².